The summed E-state index contributed by atoms with van der Waals surface area (Å²) in [5.41, 5.74) is 1.88. The number of carbonyl (C=O) groups excluding carboxylic acids is 1. The lowest BCUT2D eigenvalue weighted by molar-refractivity contribution is -0.126. The molecule has 0 N–H and O–H groups in total. The molecular weight excluding hydrogens is 362 g/mol. The molecule has 1 aliphatic rings. The van der Waals surface area contributed by atoms with E-state index in [9.17, 15) is 4.79 Å². The van der Waals surface area contributed by atoms with Crippen LogP contribution in [0.4, 0.5) is 0 Å². The number of nitrogens with zero attached hydrogens (tertiary/aromatic N) is 3. The summed E-state index contributed by atoms with van der Waals surface area (Å²) in [6.45, 7) is 2.37. The number of ether oxygens (including phenoxy) is 2. The van der Waals surface area contributed by atoms with Crippen LogP contribution in [-0.2, 0) is 11.3 Å². The maximum absolute atomic E-state index is 12.4. The van der Waals surface area contributed by atoms with E-state index in [2.05, 4.69) is 10.2 Å². The molecule has 0 saturated carbocycles. The first-order valence-electron chi connectivity index (χ1n) is 8.47. The number of benzene rings is 2. The van der Waals surface area contributed by atoms with E-state index in [0.717, 1.165) is 11.1 Å². The monoisotopic (exact) mass is 383 g/mol. The van der Waals surface area contributed by atoms with Crippen molar-refractivity contribution in [2.75, 3.05) is 14.2 Å². The molecule has 3 rings (SSSR count). The minimum atomic E-state index is -0.163. The second kappa shape index (κ2) is 8.73. The molecule has 7 heteroatoms. The maximum Gasteiger partial charge on any atom is 0.242 e. The topological polar surface area (TPSA) is 63.5 Å². The van der Waals surface area contributed by atoms with Crippen LogP contribution in [0.25, 0.3) is 0 Å². The van der Waals surface area contributed by atoms with Gasteiger partial charge in [0.15, 0.2) is 16.7 Å². The van der Waals surface area contributed by atoms with Gasteiger partial charge in [0.2, 0.25) is 5.91 Å². The predicted molar refractivity (Wildman–Crippen MR) is 109 cm³/mol. The predicted octanol–water partition coefficient (Wildman–Crippen LogP) is 3.56. The SMILES string of the molecule is COc1ccc(/C=N/N=C2\SC(C)C(=O)N2Cc2ccccc2)cc1OC. The van der Waals surface area contributed by atoms with Crippen molar-refractivity contribution in [1.29, 1.82) is 0 Å². The smallest absolute Gasteiger partial charge is 0.242 e. The summed E-state index contributed by atoms with van der Waals surface area (Å²) in [5, 5.41) is 8.89. The highest BCUT2D eigenvalue weighted by molar-refractivity contribution is 8.15. The van der Waals surface area contributed by atoms with Crippen molar-refractivity contribution in [1.82, 2.24) is 4.90 Å². The number of amidine groups is 1. The van der Waals surface area contributed by atoms with E-state index in [1.54, 1.807) is 25.3 Å². The van der Waals surface area contributed by atoms with Gasteiger partial charge in [0.05, 0.1) is 32.2 Å². The summed E-state index contributed by atoms with van der Waals surface area (Å²) in [6, 6.07) is 15.3. The molecule has 2 aromatic carbocycles. The second-order valence-electron chi connectivity index (χ2n) is 5.91. The van der Waals surface area contributed by atoms with Crippen LogP contribution in [0.3, 0.4) is 0 Å². The first-order chi connectivity index (χ1) is 13.1. The van der Waals surface area contributed by atoms with Crippen LogP contribution < -0.4 is 9.47 Å². The van der Waals surface area contributed by atoms with E-state index in [4.69, 9.17) is 9.47 Å². The van der Waals surface area contributed by atoms with Crippen molar-refractivity contribution in [3.63, 3.8) is 0 Å². The Morgan fingerprint density at radius 3 is 2.56 bits per heavy atom. The Morgan fingerprint density at radius 1 is 1.11 bits per heavy atom. The van der Waals surface area contributed by atoms with Gasteiger partial charge in [-0.1, -0.05) is 42.1 Å². The van der Waals surface area contributed by atoms with Crippen LogP contribution in [0.15, 0.2) is 58.7 Å². The van der Waals surface area contributed by atoms with Crippen molar-refractivity contribution in [3.05, 3.63) is 59.7 Å². The lowest BCUT2D eigenvalue weighted by atomic mass is 10.2. The van der Waals surface area contributed by atoms with Gasteiger partial charge in [-0.3, -0.25) is 9.69 Å². The Labute approximate surface area is 162 Å². The van der Waals surface area contributed by atoms with Gasteiger partial charge >= 0.3 is 0 Å². The van der Waals surface area contributed by atoms with E-state index < -0.39 is 0 Å². The Bertz CT molecular complexity index is 868. The highest BCUT2D eigenvalue weighted by atomic mass is 32.2. The molecule has 1 aliphatic heterocycles. The molecule has 1 heterocycles. The zero-order valence-corrected chi connectivity index (χ0v) is 16.3. The zero-order chi connectivity index (χ0) is 19.2. The third kappa shape index (κ3) is 4.49. The molecule has 0 aliphatic carbocycles. The van der Waals surface area contributed by atoms with Crippen LogP contribution in [0.2, 0.25) is 0 Å². The number of hydrogen-bond acceptors (Lipinski definition) is 6. The molecule has 1 fully saturated rings. The molecule has 0 spiro atoms. The Balaban J connectivity index is 1.78. The fourth-order valence-electron chi connectivity index (χ4n) is 2.65. The first-order valence-corrected chi connectivity index (χ1v) is 9.35. The normalized spacial score (nSPS) is 18.5. The van der Waals surface area contributed by atoms with Gasteiger partial charge in [0, 0.05) is 0 Å². The van der Waals surface area contributed by atoms with Crippen LogP contribution in [0, 0.1) is 0 Å². The van der Waals surface area contributed by atoms with Gasteiger partial charge in [-0.05, 0) is 36.2 Å². The molecule has 1 unspecified atom stereocenters. The number of hydrogen-bond donors (Lipinski definition) is 0. The highest BCUT2D eigenvalue weighted by Crippen LogP contribution is 2.29. The van der Waals surface area contributed by atoms with Crippen molar-refractivity contribution < 1.29 is 14.3 Å². The third-order valence-electron chi connectivity index (χ3n) is 4.07. The Hall–Kier alpha value is -2.80. The molecule has 1 atom stereocenters. The van der Waals surface area contributed by atoms with E-state index in [0.29, 0.717) is 23.2 Å². The average Bonchev–Trinajstić information content (AvgIpc) is 2.96. The number of thioether (sulfide) groups is 1. The van der Waals surface area contributed by atoms with Gasteiger partial charge in [-0.15, -0.1) is 5.10 Å². The summed E-state index contributed by atoms with van der Waals surface area (Å²) in [7, 11) is 3.18. The first kappa shape index (κ1) is 19.0. The molecular formula is C20H21N3O3S. The molecule has 27 heavy (non-hydrogen) atoms. The molecule has 1 saturated heterocycles. The fraction of sp³-hybridized carbons (Fsp3) is 0.250. The standard InChI is InChI=1S/C20H21N3O3S/c1-14-19(24)23(13-15-7-5-4-6-8-15)20(27-14)22-21-12-16-9-10-17(25-2)18(11-16)26-3/h4-12,14H,13H2,1-3H3/b21-12+,22-20-. The maximum atomic E-state index is 12.4. The number of methoxy groups -OCH3 is 2. The summed E-state index contributed by atoms with van der Waals surface area (Å²) in [6.07, 6.45) is 1.63. The minimum Gasteiger partial charge on any atom is -0.493 e. The van der Waals surface area contributed by atoms with E-state index >= 15 is 0 Å². The Morgan fingerprint density at radius 2 is 1.85 bits per heavy atom. The van der Waals surface area contributed by atoms with Crippen LogP contribution in [0.5, 0.6) is 11.5 Å². The molecule has 0 aromatic heterocycles. The average molecular weight is 383 g/mol. The van der Waals surface area contributed by atoms with E-state index in [1.165, 1.54) is 11.8 Å². The van der Waals surface area contributed by atoms with Gasteiger partial charge in [0.25, 0.3) is 0 Å². The van der Waals surface area contributed by atoms with E-state index in [-0.39, 0.29) is 11.2 Å². The lowest BCUT2D eigenvalue weighted by Gasteiger charge is -2.15. The molecule has 2 aromatic rings. The van der Waals surface area contributed by atoms with Crippen LogP contribution >= 0.6 is 11.8 Å². The van der Waals surface area contributed by atoms with Crippen molar-refractivity contribution in [2.45, 2.75) is 18.7 Å². The summed E-state index contributed by atoms with van der Waals surface area (Å²) in [4.78, 5) is 14.1. The molecule has 6 nitrogen and oxygen atoms in total. The fourth-order valence-corrected chi connectivity index (χ4v) is 3.57. The van der Waals surface area contributed by atoms with Gasteiger partial charge in [-0.2, -0.15) is 5.10 Å². The minimum absolute atomic E-state index is 0.0453. The van der Waals surface area contributed by atoms with Crippen molar-refractivity contribution >= 4 is 29.1 Å². The summed E-state index contributed by atoms with van der Waals surface area (Å²) >= 11 is 1.42. The van der Waals surface area contributed by atoms with Gasteiger partial charge in [-0.25, -0.2) is 0 Å². The van der Waals surface area contributed by atoms with Crippen molar-refractivity contribution in [2.24, 2.45) is 10.2 Å². The van der Waals surface area contributed by atoms with Gasteiger partial charge < -0.3 is 9.47 Å². The molecule has 1 amide bonds. The van der Waals surface area contributed by atoms with Crippen LogP contribution in [-0.4, -0.2) is 41.7 Å². The molecule has 0 radical (unpaired) electrons. The second-order valence-corrected chi connectivity index (χ2v) is 7.22. The largest absolute Gasteiger partial charge is 0.493 e. The number of carbonyl (C=O) groups is 1. The quantitative estimate of drug-likeness (QED) is 0.565. The molecule has 140 valence electrons. The van der Waals surface area contributed by atoms with Gasteiger partial charge in [0.1, 0.15) is 0 Å². The van der Waals surface area contributed by atoms with Crippen LogP contribution in [0.1, 0.15) is 18.1 Å². The zero-order valence-electron chi connectivity index (χ0n) is 15.5. The highest BCUT2D eigenvalue weighted by Gasteiger charge is 2.35. The van der Waals surface area contributed by atoms with E-state index in [1.807, 2.05) is 55.5 Å². The summed E-state index contributed by atoms with van der Waals surface area (Å²) in [5.74, 6) is 1.32. The third-order valence-corrected chi connectivity index (χ3v) is 5.14. The Kier molecular flexibility index (Phi) is 6.13. The molecule has 0 bridgehead atoms. The van der Waals surface area contributed by atoms with Crippen molar-refractivity contribution in [3.8, 4) is 11.5 Å². The lowest BCUT2D eigenvalue weighted by Crippen LogP contribution is -2.30. The summed E-state index contributed by atoms with van der Waals surface area (Å²) < 4.78 is 10.5. The number of amides is 1. The number of rotatable bonds is 6.